The fourth-order valence-electron chi connectivity index (χ4n) is 1.07. The van der Waals surface area contributed by atoms with Crippen molar-refractivity contribution in [1.29, 1.82) is 0 Å². The zero-order chi connectivity index (χ0) is 13.8. The van der Waals surface area contributed by atoms with Gasteiger partial charge in [0.15, 0.2) is 0 Å². The zero-order valence-electron chi connectivity index (χ0n) is 9.24. The minimum Gasteiger partial charge on any atom is -0.382 e. The van der Waals surface area contributed by atoms with Crippen molar-refractivity contribution >= 4 is 26.0 Å². The van der Waals surface area contributed by atoms with Gasteiger partial charge in [-0.1, -0.05) is 4.89 Å². The van der Waals surface area contributed by atoms with Gasteiger partial charge in [-0.25, -0.2) is 17.2 Å². The molecule has 0 aliphatic rings. The van der Waals surface area contributed by atoms with E-state index in [1.807, 2.05) is 0 Å². The Hall–Kier alpha value is -0.610. The molecule has 5 nitrogen and oxygen atoms in total. The summed E-state index contributed by atoms with van der Waals surface area (Å²) >= 11 is 2.78. The lowest BCUT2D eigenvalue weighted by molar-refractivity contribution is 0.0437. The number of rotatable bonds is 6. The maximum atomic E-state index is 13.4. The summed E-state index contributed by atoms with van der Waals surface area (Å²) in [7, 11) is -2.82. The number of sulfonamides is 1. The molecular formula is C9H10BrF2NO4S. The van der Waals surface area contributed by atoms with Gasteiger partial charge >= 0.3 is 0 Å². The Labute approximate surface area is 111 Å². The molecule has 18 heavy (non-hydrogen) atoms. The lowest BCUT2D eigenvalue weighted by Crippen LogP contribution is -2.27. The molecule has 0 fully saturated rings. The van der Waals surface area contributed by atoms with Gasteiger partial charge in [0.2, 0.25) is 0 Å². The van der Waals surface area contributed by atoms with E-state index in [0.29, 0.717) is 6.07 Å². The molecule has 1 N–H and O–H groups in total. The molecule has 1 aromatic rings. The van der Waals surface area contributed by atoms with E-state index in [9.17, 15) is 17.2 Å². The van der Waals surface area contributed by atoms with Gasteiger partial charge in [-0.15, -0.1) is 0 Å². The molecule has 0 radical (unpaired) electrons. The minimum absolute atomic E-state index is 0.0455. The fourth-order valence-corrected chi connectivity index (χ4v) is 3.07. The van der Waals surface area contributed by atoms with Crippen molar-refractivity contribution in [3.05, 3.63) is 28.2 Å². The number of halogens is 3. The first-order valence-electron chi connectivity index (χ1n) is 4.65. The number of ether oxygens (including phenoxy) is 1. The van der Waals surface area contributed by atoms with E-state index in [-0.39, 0.29) is 17.7 Å². The number of hydrogen-bond donors (Lipinski definition) is 1. The highest BCUT2D eigenvalue weighted by atomic mass is 79.9. The minimum atomic E-state index is -4.24. The van der Waals surface area contributed by atoms with Crippen molar-refractivity contribution in [3.8, 4) is 0 Å². The summed E-state index contributed by atoms with van der Waals surface area (Å²) in [6.07, 6.45) is 0. The Morgan fingerprint density at radius 2 is 2.00 bits per heavy atom. The van der Waals surface area contributed by atoms with Crippen LogP contribution in [0.2, 0.25) is 0 Å². The van der Waals surface area contributed by atoms with Gasteiger partial charge in [0.1, 0.15) is 16.5 Å². The third-order valence-electron chi connectivity index (χ3n) is 1.79. The predicted molar refractivity (Wildman–Crippen MR) is 62.2 cm³/mol. The molecule has 0 unspecified atom stereocenters. The van der Waals surface area contributed by atoms with E-state index in [2.05, 4.69) is 25.5 Å². The smallest absolute Gasteiger partial charge is 0.266 e. The lowest BCUT2D eigenvalue weighted by Gasteiger charge is -2.09. The van der Waals surface area contributed by atoms with Gasteiger partial charge in [-0.05, 0) is 22.0 Å². The van der Waals surface area contributed by atoms with E-state index in [0.717, 1.165) is 6.07 Å². The second-order valence-corrected chi connectivity index (χ2v) is 5.56. The molecule has 0 aliphatic heterocycles. The average Bonchev–Trinajstić information content (AvgIpc) is 2.22. The molecule has 0 aromatic heterocycles. The normalized spacial score (nSPS) is 11.8. The van der Waals surface area contributed by atoms with Crippen LogP contribution in [-0.4, -0.2) is 28.7 Å². The third-order valence-corrected chi connectivity index (χ3v) is 3.97. The summed E-state index contributed by atoms with van der Waals surface area (Å²) < 4.78 is 54.0. The fraction of sp³-hybridized carbons (Fsp3) is 0.333. The molecule has 0 spiro atoms. The first-order chi connectivity index (χ1) is 8.38. The van der Waals surface area contributed by atoms with Gasteiger partial charge in [0.25, 0.3) is 10.0 Å². The van der Waals surface area contributed by atoms with Gasteiger partial charge in [-0.2, -0.15) is 0 Å². The molecule has 0 heterocycles. The summed E-state index contributed by atoms with van der Waals surface area (Å²) in [6.45, 7) is 0.117. The van der Waals surface area contributed by atoms with Gasteiger partial charge in [0, 0.05) is 17.6 Å². The Morgan fingerprint density at radius 3 is 2.56 bits per heavy atom. The van der Waals surface area contributed by atoms with Crippen molar-refractivity contribution in [2.45, 2.75) is 4.90 Å². The Kier molecular flexibility index (Phi) is 5.60. The molecule has 102 valence electrons. The molecule has 0 aliphatic carbocycles. The monoisotopic (exact) mass is 345 g/mol. The molecule has 0 saturated carbocycles. The first kappa shape index (κ1) is 15.4. The van der Waals surface area contributed by atoms with E-state index in [4.69, 9.17) is 0 Å². The molecule has 0 amide bonds. The number of methoxy groups -OCH3 is 1. The predicted octanol–water partition coefficient (Wildman–Crippen LogP) is 1.58. The van der Waals surface area contributed by atoms with Crippen LogP contribution in [0.15, 0.2) is 21.5 Å². The Bertz CT molecular complexity index is 500. The van der Waals surface area contributed by atoms with Crippen LogP contribution in [0.25, 0.3) is 0 Å². The summed E-state index contributed by atoms with van der Waals surface area (Å²) in [4.78, 5) is 5.58. The molecular weight excluding hydrogens is 336 g/mol. The van der Waals surface area contributed by atoms with E-state index >= 15 is 0 Å². The van der Waals surface area contributed by atoms with Crippen LogP contribution in [0.5, 0.6) is 0 Å². The molecule has 1 aromatic carbocycles. The maximum absolute atomic E-state index is 13.4. The van der Waals surface area contributed by atoms with Crippen molar-refractivity contribution in [2.24, 2.45) is 0 Å². The van der Waals surface area contributed by atoms with E-state index in [1.54, 1.807) is 4.89 Å². The summed E-state index contributed by atoms with van der Waals surface area (Å²) in [5.41, 5.74) is 0. The second-order valence-electron chi connectivity index (χ2n) is 3.13. The van der Waals surface area contributed by atoms with Crippen molar-refractivity contribution in [1.82, 2.24) is 4.89 Å². The van der Waals surface area contributed by atoms with Gasteiger partial charge in [-0.3, -0.25) is 4.84 Å². The van der Waals surface area contributed by atoms with Crippen LogP contribution in [0, 0.1) is 11.6 Å². The topological polar surface area (TPSA) is 64.6 Å². The second kappa shape index (κ2) is 6.53. The van der Waals surface area contributed by atoms with Crippen LogP contribution in [-0.2, 0) is 19.6 Å². The molecule has 9 heteroatoms. The van der Waals surface area contributed by atoms with Gasteiger partial charge < -0.3 is 4.74 Å². The highest BCUT2D eigenvalue weighted by Crippen LogP contribution is 2.25. The standard InChI is InChI=1S/C9H10BrF2NO4S/c1-16-2-3-17-13-18(14,15)9-7(10)4-6(11)5-8(9)12/h4-5,13H,2-3H2,1H3. The number of hydrogen-bond acceptors (Lipinski definition) is 4. The molecule has 0 saturated heterocycles. The van der Waals surface area contributed by atoms with Crippen molar-refractivity contribution in [3.63, 3.8) is 0 Å². The lowest BCUT2D eigenvalue weighted by atomic mass is 10.3. The van der Waals surface area contributed by atoms with Crippen LogP contribution in [0.4, 0.5) is 8.78 Å². The average molecular weight is 346 g/mol. The van der Waals surface area contributed by atoms with Crippen molar-refractivity contribution in [2.75, 3.05) is 20.3 Å². The first-order valence-corrected chi connectivity index (χ1v) is 6.93. The third kappa shape index (κ3) is 3.95. The highest BCUT2D eigenvalue weighted by molar-refractivity contribution is 9.10. The highest BCUT2D eigenvalue weighted by Gasteiger charge is 2.23. The van der Waals surface area contributed by atoms with Crippen molar-refractivity contribution < 1.29 is 26.8 Å². The summed E-state index contributed by atoms with van der Waals surface area (Å²) in [5, 5.41) is 0. The maximum Gasteiger partial charge on any atom is 0.266 e. The Balaban J connectivity index is 2.92. The molecule has 0 bridgehead atoms. The summed E-state index contributed by atoms with van der Waals surface area (Å²) in [6, 6.07) is 1.31. The van der Waals surface area contributed by atoms with E-state index in [1.165, 1.54) is 7.11 Å². The van der Waals surface area contributed by atoms with Crippen LogP contribution in [0.3, 0.4) is 0 Å². The summed E-state index contributed by atoms with van der Waals surface area (Å²) in [5.74, 6) is -2.11. The van der Waals surface area contributed by atoms with Crippen LogP contribution < -0.4 is 4.89 Å². The largest absolute Gasteiger partial charge is 0.382 e. The van der Waals surface area contributed by atoms with Crippen LogP contribution >= 0.6 is 15.9 Å². The van der Waals surface area contributed by atoms with Crippen LogP contribution in [0.1, 0.15) is 0 Å². The Morgan fingerprint density at radius 1 is 1.33 bits per heavy atom. The number of nitrogens with one attached hydrogen (secondary N) is 1. The quantitative estimate of drug-likeness (QED) is 0.628. The molecule has 0 atom stereocenters. The van der Waals surface area contributed by atoms with Gasteiger partial charge in [0.05, 0.1) is 13.2 Å². The zero-order valence-corrected chi connectivity index (χ0v) is 11.6. The molecule has 1 rings (SSSR count). The SMILES string of the molecule is COCCONS(=O)(=O)c1c(F)cc(F)cc1Br. The number of benzene rings is 1. The van der Waals surface area contributed by atoms with E-state index < -0.39 is 26.6 Å².